The van der Waals surface area contributed by atoms with Crippen LogP contribution in [0.5, 0.6) is 0 Å². The van der Waals surface area contributed by atoms with Crippen LogP contribution in [0.4, 0.5) is 8.78 Å². The monoisotopic (exact) mass is 348 g/mol. The Morgan fingerprint density at radius 2 is 1.87 bits per heavy atom. The Morgan fingerprint density at radius 1 is 1.30 bits per heavy atom. The molecular formula is C14H18F2N2O4S. The number of aliphatic carboxylic acids is 1. The number of carboxylic acid groups (broad SMARTS) is 1. The SMILES string of the molecule is CC1(C)S[C@@H]2[C@H](NC(=O)C3CC(F)C(F)C3)C(=O)N2[C@H]1C(=O)O. The third-order valence-corrected chi connectivity index (χ3v) is 6.33. The Balaban J connectivity index is 1.67. The highest BCUT2D eigenvalue weighted by Gasteiger charge is 2.64. The molecule has 0 spiro atoms. The third-order valence-electron chi connectivity index (χ3n) is 4.76. The number of fused-ring (bicyclic) bond motifs is 1. The summed E-state index contributed by atoms with van der Waals surface area (Å²) in [6, 6.07) is -1.78. The van der Waals surface area contributed by atoms with E-state index in [2.05, 4.69) is 5.32 Å². The molecule has 2 N–H and O–H groups in total. The van der Waals surface area contributed by atoms with Crippen molar-refractivity contribution in [3.05, 3.63) is 0 Å². The molecule has 128 valence electrons. The fraction of sp³-hybridized carbons (Fsp3) is 0.786. The molecule has 3 fully saturated rings. The summed E-state index contributed by atoms with van der Waals surface area (Å²) < 4.78 is 25.7. The van der Waals surface area contributed by atoms with Gasteiger partial charge in [-0.1, -0.05) is 0 Å². The second-order valence-corrected chi connectivity index (χ2v) is 8.56. The highest BCUT2D eigenvalue weighted by atomic mass is 32.2. The number of β-lactam (4-membered cyclic amide) rings is 1. The number of alkyl halides is 2. The zero-order chi connectivity index (χ0) is 17.1. The van der Waals surface area contributed by atoms with E-state index in [1.165, 1.54) is 16.7 Å². The minimum Gasteiger partial charge on any atom is -0.480 e. The number of rotatable bonds is 3. The van der Waals surface area contributed by atoms with Crippen LogP contribution in [0.3, 0.4) is 0 Å². The molecule has 0 bridgehead atoms. The average Bonchev–Trinajstić information content (AvgIpc) is 2.91. The van der Waals surface area contributed by atoms with E-state index in [-0.39, 0.29) is 12.8 Å². The first-order valence-corrected chi connectivity index (χ1v) is 8.32. The van der Waals surface area contributed by atoms with E-state index in [1.54, 1.807) is 13.8 Å². The van der Waals surface area contributed by atoms with E-state index in [1.807, 2.05) is 0 Å². The summed E-state index contributed by atoms with van der Waals surface area (Å²) in [4.78, 5) is 37.0. The second-order valence-electron chi connectivity index (χ2n) is 6.78. The lowest BCUT2D eigenvalue weighted by Gasteiger charge is -2.43. The fourth-order valence-corrected chi connectivity index (χ4v) is 5.19. The van der Waals surface area contributed by atoms with Gasteiger partial charge < -0.3 is 15.3 Å². The predicted octanol–water partition coefficient (Wildman–Crippen LogP) is 0.704. The third kappa shape index (κ3) is 2.49. The summed E-state index contributed by atoms with van der Waals surface area (Å²) in [7, 11) is 0. The lowest BCUT2D eigenvalue weighted by molar-refractivity contribution is -0.161. The molecule has 6 nitrogen and oxygen atoms in total. The molecular weight excluding hydrogens is 330 g/mol. The molecule has 2 amide bonds. The molecule has 23 heavy (non-hydrogen) atoms. The van der Waals surface area contributed by atoms with Gasteiger partial charge in [-0.05, 0) is 26.7 Å². The number of carbonyl (C=O) groups excluding carboxylic acids is 2. The second kappa shape index (κ2) is 5.32. The van der Waals surface area contributed by atoms with Crippen molar-refractivity contribution in [1.82, 2.24) is 10.2 Å². The maximum Gasteiger partial charge on any atom is 0.327 e. The van der Waals surface area contributed by atoms with Crippen LogP contribution in [-0.4, -0.2) is 62.3 Å². The quantitative estimate of drug-likeness (QED) is 0.734. The lowest BCUT2D eigenvalue weighted by atomic mass is 9.95. The van der Waals surface area contributed by atoms with Crippen molar-refractivity contribution >= 4 is 29.5 Å². The molecule has 3 aliphatic rings. The Hall–Kier alpha value is -1.38. The smallest absolute Gasteiger partial charge is 0.327 e. The predicted molar refractivity (Wildman–Crippen MR) is 78.2 cm³/mol. The molecule has 5 atom stereocenters. The van der Waals surface area contributed by atoms with Gasteiger partial charge in [-0.25, -0.2) is 13.6 Å². The van der Waals surface area contributed by atoms with Crippen LogP contribution >= 0.6 is 11.8 Å². The van der Waals surface area contributed by atoms with Crippen molar-refractivity contribution in [2.75, 3.05) is 0 Å². The van der Waals surface area contributed by atoms with Crippen LogP contribution in [0.1, 0.15) is 26.7 Å². The van der Waals surface area contributed by atoms with Crippen LogP contribution in [0.25, 0.3) is 0 Å². The lowest BCUT2D eigenvalue weighted by Crippen LogP contribution is -2.71. The molecule has 1 saturated carbocycles. The summed E-state index contributed by atoms with van der Waals surface area (Å²) in [5.74, 6) is -2.86. The van der Waals surface area contributed by atoms with Crippen molar-refractivity contribution in [3.63, 3.8) is 0 Å². The van der Waals surface area contributed by atoms with Crippen molar-refractivity contribution < 1.29 is 28.3 Å². The van der Waals surface area contributed by atoms with Crippen molar-refractivity contribution in [1.29, 1.82) is 0 Å². The molecule has 0 radical (unpaired) electrons. The largest absolute Gasteiger partial charge is 0.480 e. The maximum atomic E-state index is 13.2. The molecule has 2 unspecified atom stereocenters. The van der Waals surface area contributed by atoms with Crippen LogP contribution in [0.15, 0.2) is 0 Å². The average molecular weight is 348 g/mol. The van der Waals surface area contributed by atoms with Gasteiger partial charge in [0, 0.05) is 10.7 Å². The molecule has 0 aromatic carbocycles. The van der Waals surface area contributed by atoms with Crippen molar-refractivity contribution in [2.24, 2.45) is 5.92 Å². The molecule has 9 heteroatoms. The van der Waals surface area contributed by atoms with E-state index < -0.39 is 58.2 Å². The number of carbonyl (C=O) groups is 3. The molecule has 2 saturated heterocycles. The molecule has 3 rings (SSSR count). The van der Waals surface area contributed by atoms with Gasteiger partial charge in [0.25, 0.3) is 0 Å². The van der Waals surface area contributed by atoms with Gasteiger partial charge in [0.15, 0.2) is 0 Å². The van der Waals surface area contributed by atoms with Crippen LogP contribution in [0, 0.1) is 5.92 Å². The zero-order valence-electron chi connectivity index (χ0n) is 12.7. The fourth-order valence-electron chi connectivity index (χ4n) is 3.57. The number of nitrogens with zero attached hydrogens (tertiary/aromatic N) is 1. The Morgan fingerprint density at radius 3 is 2.39 bits per heavy atom. The number of amides is 2. The van der Waals surface area contributed by atoms with Gasteiger partial charge in [-0.3, -0.25) is 9.59 Å². The van der Waals surface area contributed by atoms with Crippen LogP contribution in [0.2, 0.25) is 0 Å². The highest BCUT2D eigenvalue weighted by molar-refractivity contribution is 8.01. The van der Waals surface area contributed by atoms with Gasteiger partial charge >= 0.3 is 5.97 Å². The summed E-state index contributed by atoms with van der Waals surface area (Å²) in [5.41, 5.74) is 0. The van der Waals surface area contributed by atoms with Gasteiger partial charge in [0.1, 0.15) is 29.8 Å². The Kier molecular flexibility index (Phi) is 3.81. The van der Waals surface area contributed by atoms with E-state index in [0.29, 0.717) is 0 Å². The topological polar surface area (TPSA) is 86.7 Å². The normalized spacial score (nSPS) is 41.4. The first-order chi connectivity index (χ1) is 10.6. The molecule has 0 aromatic rings. The molecule has 2 aliphatic heterocycles. The number of thioether (sulfide) groups is 1. The minimum absolute atomic E-state index is 0.182. The van der Waals surface area contributed by atoms with Gasteiger partial charge in [-0.2, -0.15) is 0 Å². The highest BCUT2D eigenvalue weighted by Crippen LogP contribution is 2.50. The standard InChI is InChI=1S/C14H18F2N2O4S/c1-14(2)9(13(21)22)18-11(20)8(12(18)23-14)17-10(19)5-3-6(15)7(16)4-5/h5-9,12H,3-4H2,1-2H3,(H,17,19)(H,21,22)/t5?,6?,7?,8-,9+,12-/m1/s1. The van der Waals surface area contributed by atoms with Crippen molar-refractivity contribution in [2.45, 2.75) is 61.2 Å². The van der Waals surface area contributed by atoms with Crippen LogP contribution < -0.4 is 5.32 Å². The van der Waals surface area contributed by atoms with E-state index in [0.717, 1.165) is 0 Å². The first kappa shape index (κ1) is 16.5. The summed E-state index contributed by atoms with van der Waals surface area (Å²) in [6.07, 6.45) is -3.65. The molecule has 1 aliphatic carbocycles. The van der Waals surface area contributed by atoms with Gasteiger partial charge in [-0.15, -0.1) is 11.8 Å². The van der Waals surface area contributed by atoms with E-state index in [9.17, 15) is 28.3 Å². The minimum atomic E-state index is -1.64. The van der Waals surface area contributed by atoms with E-state index in [4.69, 9.17) is 0 Å². The van der Waals surface area contributed by atoms with Gasteiger partial charge in [0.05, 0.1) is 0 Å². The number of nitrogens with one attached hydrogen (secondary N) is 1. The number of halogens is 2. The number of hydrogen-bond donors (Lipinski definition) is 2. The summed E-state index contributed by atoms with van der Waals surface area (Å²) >= 11 is 1.31. The zero-order valence-corrected chi connectivity index (χ0v) is 13.5. The Labute approximate surface area is 136 Å². The molecule has 2 heterocycles. The maximum absolute atomic E-state index is 13.2. The number of carboxylic acids is 1. The van der Waals surface area contributed by atoms with Crippen molar-refractivity contribution in [3.8, 4) is 0 Å². The van der Waals surface area contributed by atoms with Gasteiger partial charge in [0.2, 0.25) is 11.8 Å². The molecule has 0 aromatic heterocycles. The van der Waals surface area contributed by atoms with Crippen LogP contribution in [-0.2, 0) is 14.4 Å². The van der Waals surface area contributed by atoms with E-state index >= 15 is 0 Å². The number of hydrogen-bond acceptors (Lipinski definition) is 4. The summed E-state index contributed by atoms with van der Waals surface area (Å²) in [6.45, 7) is 3.47. The Bertz CT molecular complexity index is 563. The summed E-state index contributed by atoms with van der Waals surface area (Å²) in [5, 5.41) is 11.4. The first-order valence-electron chi connectivity index (χ1n) is 7.45.